The second-order valence-electron chi connectivity index (χ2n) is 7.87. The third kappa shape index (κ3) is 3.24. The molecule has 4 rings (SSSR count). The number of aromatic nitrogens is 1. The van der Waals surface area contributed by atoms with Gasteiger partial charge in [0.05, 0.1) is 17.5 Å². The van der Waals surface area contributed by atoms with Gasteiger partial charge in [0, 0.05) is 25.5 Å². The molecule has 0 saturated heterocycles. The number of Topliss-reactive ketones (excluding diaryl/α,β-unsaturated/α-hetero) is 1. The summed E-state index contributed by atoms with van der Waals surface area (Å²) in [6, 6.07) is 3.42. The summed E-state index contributed by atoms with van der Waals surface area (Å²) in [4.78, 5) is 35.0. The molecule has 1 aliphatic carbocycles. The van der Waals surface area contributed by atoms with E-state index in [9.17, 15) is 9.59 Å². The SMILES string of the molecule is CCN(CC)CCN1C(=O)C2=C(C(=O)C3CCCCC3O2)C1c1cccnc1. The lowest BCUT2D eigenvalue weighted by Gasteiger charge is -2.35. The van der Waals surface area contributed by atoms with E-state index in [1.165, 1.54) is 0 Å². The van der Waals surface area contributed by atoms with Gasteiger partial charge in [0.2, 0.25) is 0 Å². The van der Waals surface area contributed by atoms with Gasteiger partial charge in [-0.2, -0.15) is 0 Å². The summed E-state index contributed by atoms with van der Waals surface area (Å²) in [5, 5.41) is 0. The van der Waals surface area contributed by atoms with Crippen LogP contribution in [-0.4, -0.2) is 58.8 Å². The molecule has 0 N–H and O–H groups in total. The summed E-state index contributed by atoms with van der Waals surface area (Å²) < 4.78 is 6.17. The Morgan fingerprint density at radius 3 is 2.71 bits per heavy atom. The van der Waals surface area contributed by atoms with Crippen LogP contribution in [0, 0.1) is 5.92 Å². The Bertz CT molecular complexity index is 772. The predicted octanol–water partition coefficient (Wildman–Crippen LogP) is 2.72. The number of amides is 1. The van der Waals surface area contributed by atoms with Crippen LogP contribution in [-0.2, 0) is 14.3 Å². The number of carbonyl (C=O) groups excluding carboxylic acids is 2. The van der Waals surface area contributed by atoms with Gasteiger partial charge in [-0.15, -0.1) is 0 Å². The Labute approximate surface area is 166 Å². The van der Waals surface area contributed by atoms with Gasteiger partial charge in [-0.05, 0) is 44.0 Å². The topological polar surface area (TPSA) is 62.7 Å². The number of hydrogen-bond donors (Lipinski definition) is 0. The smallest absolute Gasteiger partial charge is 0.290 e. The lowest BCUT2D eigenvalue weighted by Crippen LogP contribution is -2.39. The summed E-state index contributed by atoms with van der Waals surface area (Å²) in [6.45, 7) is 7.45. The molecule has 0 aromatic carbocycles. The molecule has 0 bridgehead atoms. The highest BCUT2D eigenvalue weighted by molar-refractivity contribution is 6.11. The summed E-state index contributed by atoms with van der Waals surface area (Å²) in [7, 11) is 0. The quantitative estimate of drug-likeness (QED) is 0.756. The Balaban J connectivity index is 1.69. The van der Waals surface area contributed by atoms with Crippen LogP contribution in [0.25, 0.3) is 0 Å². The third-order valence-corrected chi connectivity index (χ3v) is 6.41. The lowest BCUT2D eigenvalue weighted by molar-refractivity contribution is -0.135. The maximum absolute atomic E-state index is 13.4. The molecule has 28 heavy (non-hydrogen) atoms. The van der Waals surface area contributed by atoms with E-state index in [0.717, 1.165) is 50.9 Å². The van der Waals surface area contributed by atoms with Crippen LogP contribution in [0.3, 0.4) is 0 Å². The van der Waals surface area contributed by atoms with Crippen LogP contribution < -0.4 is 0 Å². The zero-order valence-electron chi connectivity index (χ0n) is 16.8. The van der Waals surface area contributed by atoms with Crippen molar-refractivity contribution in [3.05, 3.63) is 41.4 Å². The minimum atomic E-state index is -0.387. The molecule has 150 valence electrons. The fraction of sp³-hybridized carbons (Fsp3) is 0.591. The Kier molecular flexibility index (Phi) is 5.49. The molecule has 0 spiro atoms. The minimum Gasteiger partial charge on any atom is -0.483 e. The molecule has 1 fully saturated rings. The van der Waals surface area contributed by atoms with Gasteiger partial charge in [0.25, 0.3) is 5.91 Å². The Morgan fingerprint density at radius 2 is 2.00 bits per heavy atom. The number of fused-ring (bicyclic) bond motifs is 1. The maximum atomic E-state index is 13.4. The highest BCUT2D eigenvalue weighted by Gasteiger charge is 2.51. The highest BCUT2D eigenvalue weighted by atomic mass is 16.5. The van der Waals surface area contributed by atoms with Gasteiger partial charge in [-0.25, -0.2) is 0 Å². The molecule has 1 aromatic rings. The first-order valence-corrected chi connectivity index (χ1v) is 10.5. The number of carbonyl (C=O) groups is 2. The van der Waals surface area contributed by atoms with Gasteiger partial charge >= 0.3 is 0 Å². The van der Waals surface area contributed by atoms with Crippen molar-refractivity contribution in [2.45, 2.75) is 51.7 Å². The van der Waals surface area contributed by atoms with E-state index < -0.39 is 0 Å². The normalized spacial score (nSPS) is 27.1. The van der Waals surface area contributed by atoms with E-state index in [2.05, 4.69) is 23.7 Å². The van der Waals surface area contributed by atoms with Crippen molar-refractivity contribution < 1.29 is 14.3 Å². The van der Waals surface area contributed by atoms with E-state index in [1.54, 1.807) is 12.4 Å². The first-order chi connectivity index (χ1) is 13.7. The molecule has 1 amide bonds. The second-order valence-corrected chi connectivity index (χ2v) is 7.87. The van der Waals surface area contributed by atoms with Crippen molar-refractivity contribution in [2.75, 3.05) is 26.2 Å². The predicted molar refractivity (Wildman–Crippen MR) is 105 cm³/mol. The monoisotopic (exact) mass is 383 g/mol. The second kappa shape index (κ2) is 8.03. The molecule has 6 heteroatoms. The molecular weight excluding hydrogens is 354 g/mol. The van der Waals surface area contributed by atoms with E-state index in [0.29, 0.717) is 17.9 Å². The highest BCUT2D eigenvalue weighted by Crippen LogP contribution is 2.46. The van der Waals surface area contributed by atoms with E-state index >= 15 is 0 Å². The van der Waals surface area contributed by atoms with Crippen molar-refractivity contribution >= 4 is 11.7 Å². The van der Waals surface area contributed by atoms with E-state index in [1.807, 2.05) is 17.0 Å². The largest absolute Gasteiger partial charge is 0.483 e. The third-order valence-electron chi connectivity index (χ3n) is 6.41. The van der Waals surface area contributed by atoms with Crippen LogP contribution in [0.1, 0.15) is 51.1 Å². The lowest BCUT2D eigenvalue weighted by atomic mass is 9.78. The van der Waals surface area contributed by atoms with Crippen LogP contribution in [0.4, 0.5) is 0 Å². The van der Waals surface area contributed by atoms with Gasteiger partial charge in [0.15, 0.2) is 11.5 Å². The Hall–Kier alpha value is -2.21. The van der Waals surface area contributed by atoms with Crippen molar-refractivity contribution in [2.24, 2.45) is 5.92 Å². The molecule has 3 unspecified atom stereocenters. The van der Waals surface area contributed by atoms with E-state index in [-0.39, 0.29) is 29.8 Å². The van der Waals surface area contributed by atoms with Crippen molar-refractivity contribution in [1.82, 2.24) is 14.8 Å². The number of ether oxygens (including phenoxy) is 1. The standard InChI is InChI=1S/C22H29N3O3/c1-3-24(4-2)12-13-25-19(15-8-7-11-23-14-15)18-20(26)16-9-5-6-10-17(16)28-21(18)22(25)27/h7-8,11,14,16-17,19H,3-6,9-10,12-13H2,1-2H3. The Morgan fingerprint density at radius 1 is 1.21 bits per heavy atom. The van der Waals surface area contributed by atoms with Crippen molar-refractivity contribution in [3.8, 4) is 0 Å². The number of ketones is 1. The summed E-state index contributed by atoms with van der Waals surface area (Å²) >= 11 is 0. The number of likely N-dealkylation sites (N-methyl/N-ethyl adjacent to an activating group) is 1. The van der Waals surface area contributed by atoms with Crippen LogP contribution in [0.5, 0.6) is 0 Å². The van der Waals surface area contributed by atoms with Crippen molar-refractivity contribution in [3.63, 3.8) is 0 Å². The first-order valence-electron chi connectivity index (χ1n) is 10.5. The van der Waals surface area contributed by atoms with Crippen LogP contribution in [0.2, 0.25) is 0 Å². The molecular formula is C22H29N3O3. The minimum absolute atomic E-state index is 0.109. The fourth-order valence-electron chi connectivity index (χ4n) is 4.80. The van der Waals surface area contributed by atoms with E-state index in [4.69, 9.17) is 4.74 Å². The zero-order valence-corrected chi connectivity index (χ0v) is 16.8. The van der Waals surface area contributed by atoms with Gasteiger partial charge in [0.1, 0.15) is 6.10 Å². The van der Waals surface area contributed by atoms with Gasteiger partial charge in [-0.1, -0.05) is 26.3 Å². The number of hydrogen-bond acceptors (Lipinski definition) is 5. The zero-order chi connectivity index (χ0) is 19.7. The molecule has 6 nitrogen and oxygen atoms in total. The van der Waals surface area contributed by atoms with Crippen LogP contribution in [0.15, 0.2) is 35.9 Å². The average molecular weight is 383 g/mol. The van der Waals surface area contributed by atoms with Gasteiger partial charge in [-0.3, -0.25) is 14.6 Å². The molecule has 3 atom stereocenters. The molecule has 1 saturated carbocycles. The number of rotatable bonds is 6. The maximum Gasteiger partial charge on any atom is 0.290 e. The summed E-state index contributed by atoms with van der Waals surface area (Å²) in [5.41, 5.74) is 1.44. The van der Waals surface area contributed by atoms with Crippen LogP contribution >= 0.6 is 0 Å². The summed E-state index contributed by atoms with van der Waals surface area (Å²) in [5.74, 6) is 0.149. The molecule has 2 aliphatic heterocycles. The number of nitrogens with zero attached hydrogens (tertiary/aromatic N) is 3. The average Bonchev–Trinajstić information content (AvgIpc) is 3.02. The fourth-order valence-corrected chi connectivity index (χ4v) is 4.80. The summed E-state index contributed by atoms with van der Waals surface area (Å²) in [6.07, 6.45) is 7.16. The molecule has 0 radical (unpaired) electrons. The first kappa shape index (κ1) is 19.1. The number of pyridine rings is 1. The molecule has 1 aromatic heterocycles. The molecule has 3 aliphatic rings. The molecule has 3 heterocycles. The van der Waals surface area contributed by atoms with Gasteiger partial charge < -0.3 is 14.5 Å². The van der Waals surface area contributed by atoms with Crippen molar-refractivity contribution in [1.29, 1.82) is 0 Å².